The largest absolute Gasteiger partial charge is 0.393 e. The molecule has 106 valence electrons. The molecular weight excluding hydrogens is 266 g/mol. The SMILES string of the molecule is CC(O)CCN(C)C(=O)CN(C)c1ccc(Cl)cn1. The molecule has 19 heavy (non-hydrogen) atoms. The third-order valence-electron chi connectivity index (χ3n) is 2.78. The molecule has 0 aromatic carbocycles. The van der Waals surface area contributed by atoms with Crippen LogP contribution in [0.15, 0.2) is 18.3 Å². The molecule has 0 saturated heterocycles. The third-order valence-corrected chi connectivity index (χ3v) is 3.01. The number of rotatable bonds is 6. The van der Waals surface area contributed by atoms with Gasteiger partial charge in [0.15, 0.2) is 0 Å². The van der Waals surface area contributed by atoms with E-state index in [4.69, 9.17) is 11.6 Å². The van der Waals surface area contributed by atoms with E-state index in [-0.39, 0.29) is 12.5 Å². The summed E-state index contributed by atoms with van der Waals surface area (Å²) in [5.74, 6) is 0.682. The Bertz CT molecular complexity index is 409. The van der Waals surface area contributed by atoms with Crippen LogP contribution in [0.5, 0.6) is 0 Å². The van der Waals surface area contributed by atoms with Gasteiger partial charge in [-0.2, -0.15) is 0 Å². The minimum absolute atomic E-state index is 0.0140. The first-order valence-electron chi connectivity index (χ1n) is 6.15. The van der Waals surface area contributed by atoms with E-state index in [0.29, 0.717) is 23.8 Å². The quantitative estimate of drug-likeness (QED) is 0.858. The number of amides is 1. The molecule has 1 unspecified atom stereocenters. The van der Waals surface area contributed by atoms with E-state index in [1.54, 1.807) is 49.1 Å². The lowest BCUT2D eigenvalue weighted by Crippen LogP contribution is -2.38. The Balaban J connectivity index is 2.49. The molecule has 1 rings (SSSR count). The van der Waals surface area contributed by atoms with Crippen molar-refractivity contribution in [1.29, 1.82) is 0 Å². The van der Waals surface area contributed by atoms with Gasteiger partial charge >= 0.3 is 0 Å². The van der Waals surface area contributed by atoms with Crippen LogP contribution in [0.1, 0.15) is 13.3 Å². The zero-order valence-corrected chi connectivity index (χ0v) is 12.3. The molecule has 0 fully saturated rings. The van der Waals surface area contributed by atoms with Crippen LogP contribution in [0.2, 0.25) is 5.02 Å². The highest BCUT2D eigenvalue weighted by atomic mass is 35.5. The number of likely N-dealkylation sites (N-methyl/N-ethyl adjacent to an activating group) is 2. The molecule has 1 aromatic heterocycles. The van der Waals surface area contributed by atoms with Crippen LogP contribution in [-0.4, -0.2) is 54.2 Å². The van der Waals surface area contributed by atoms with Crippen molar-refractivity contribution in [1.82, 2.24) is 9.88 Å². The van der Waals surface area contributed by atoms with E-state index in [9.17, 15) is 9.90 Å². The molecule has 1 N–H and O–H groups in total. The highest BCUT2D eigenvalue weighted by molar-refractivity contribution is 6.30. The van der Waals surface area contributed by atoms with E-state index in [0.717, 1.165) is 0 Å². The van der Waals surface area contributed by atoms with Crippen molar-refractivity contribution in [3.05, 3.63) is 23.4 Å². The first-order chi connectivity index (χ1) is 8.90. The van der Waals surface area contributed by atoms with Gasteiger partial charge < -0.3 is 14.9 Å². The topological polar surface area (TPSA) is 56.7 Å². The average molecular weight is 286 g/mol. The molecule has 1 aromatic rings. The zero-order valence-electron chi connectivity index (χ0n) is 11.5. The molecule has 6 heteroatoms. The van der Waals surface area contributed by atoms with E-state index >= 15 is 0 Å². The number of aliphatic hydroxyl groups is 1. The molecule has 0 aliphatic carbocycles. The number of carbonyl (C=O) groups excluding carboxylic acids is 1. The smallest absolute Gasteiger partial charge is 0.241 e. The predicted molar refractivity (Wildman–Crippen MR) is 76.5 cm³/mol. The summed E-state index contributed by atoms with van der Waals surface area (Å²) in [5.41, 5.74) is 0. The number of nitrogens with zero attached hydrogens (tertiary/aromatic N) is 3. The molecule has 1 amide bonds. The van der Waals surface area contributed by atoms with Gasteiger partial charge in [0.1, 0.15) is 5.82 Å². The molecule has 0 saturated carbocycles. The van der Waals surface area contributed by atoms with Crippen LogP contribution in [-0.2, 0) is 4.79 Å². The van der Waals surface area contributed by atoms with Gasteiger partial charge in [-0.25, -0.2) is 4.98 Å². The summed E-state index contributed by atoms with van der Waals surface area (Å²) < 4.78 is 0. The lowest BCUT2D eigenvalue weighted by Gasteiger charge is -2.23. The Morgan fingerprint density at radius 1 is 1.47 bits per heavy atom. The van der Waals surface area contributed by atoms with Crippen molar-refractivity contribution >= 4 is 23.3 Å². The number of carbonyl (C=O) groups is 1. The van der Waals surface area contributed by atoms with Gasteiger partial charge in [0.05, 0.1) is 17.7 Å². The molecule has 1 atom stereocenters. The van der Waals surface area contributed by atoms with Gasteiger partial charge in [0.2, 0.25) is 5.91 Å². The maximum absolute atomic E-state index is 12.0. The second kappa shape index (κ2) is 7.31. The maximum Gasteiger partial charge on any atom is 0.241 e. The van der Waals surface area contributed by atoms with Crippen molar-refractivity contribution in [2.45, 2.75) is 19.4 Å². The lowest BCUT2D eigenvalue weighted by molar-refractivity contribution is -0.128. The number of anilines is 1. The Labute approximate surface area is 118 Å². The first-order valence-corrected chi connectivity index (χ1v) is 6.52. The fraction of sp³-hybridized carbons (Fsp3) is 0.538. The van der Waals surface area contributed by atoms with Crippen LogP contribution in [0.25, 0.3) is 0 Å². The number of pyridine rings is 1. The normalized spacial score (nSPS) is 12.1. The summed E-state index contributed by atoms with van der Waals surface area (Å²) in [6, 6.07) is 3.51. The molecule has 0 bridgehead atoms. The second-order valence-electron chi connectivity index (χ2n) is 4.64. The Kier molecular flexibility index (Phi) is 6.05. The monoisotopic (exact) mass is 285 g/mol. The summed E-state index contributed by atoms with van der Waals surface area (Å²) >= 11 is 5.76. The Morgan fingerprint density at radius 3 is 2.68 bits per heavy atom. The van der Waals surface area contributed by atoms with Crippen molar-refractivity contribution in [2.24, 2.45) is 0 Å². The zero-order chi connectivity index (χ0) is 14.4. The van der Waals surface area contributed by atoms with Crippen molar-refractivity contribution < 1.29 is 9.90 Å². The third kappa shape index (κ3) is 5.44. The Hall–Kier alpha value is -1.33. The van der Waals surface area contributed by atoms with E-state index in [2.05, 4.69) is 4.98 Å². The molecule has 0 aliphatic rings. The maximum atomic E-state index is 12.0. The van der Waals surface area contributed by atoms with E-state index in [1.807, 2.05) is 0 Å². The summed E-state index contributed by atoms with van der Waals surface area (Å²) in [5, 5.41) is 9.77. The van der Waals surface area contributed by atoms with Crippen molar-refractivity contribution in [2.75, 3.05) is 32.1 Å². The number of hydrogen-bond donors (Lipinski definition) is 1. The minimum Gasteiger partial charge on any atom is -0.393 e. The number of aliphatic hydroxyl groups excluding tert-OH is 1. The minimum atomic E-state index is -0.397. The van der Waals surface area contributed by atoms with Gasteiger partial charge in [0.25, 0.3) is 0 Å². The number of hydrogen-bond acceptors (Lipinski definition) is 4. The van der Waals surface area contributed by atoms with Crippen LogP contribution in [0, 0.1) is 0 Å². The summed E-state index contributed by atoms with van der Waals surface area (Å²) in [6.45, 7) is 2.49. The van der Waals surface area contributed by atoms with Gasteiger partial charge in [0, 0.05) is 26.8 Å². The van der Waals surface area contributed by atoms with Crippen LogP contribution < -0.4 is 4.90 Å². The molecule has 0 spiro atoms. The summed E-state index contributed by atoms with van der Waals surface area (Å²) in [7, 11) is 3.53. The highest BCUT2D eigenvalue weighted by Gasteiger charge is 2.13. The van der Waals surface area contributed by atoms with Crippen molar-refractivity contribution in [3.63, 3.8) is 0 Å². The number of aromatic nitrogens is 1. The fourth-order valence-electron chi connectivity index (χ4n) is 1.50. The molecule has 0 radical (unpaired) electrons. The van der Waals surface area contributed by atoms with Crippen LogP contribution >= 0.6 is 11.6 Å². The van der Waals surface area contributed by atoms with Gasteiger partial charge in [-0.15, -0.1) is 0 Å². The predicted octanol–water partition coefficient (Wildman–Crippen LogP) is 1.40. The van der Waals surface area contributed by atoms with Gasteiger partial charge in [-0.05, 0) is 25.5 Å². The highest BCUT2D eigenvalue weighted by Crippen LogP contribution is 2.12. The van der Waals surface area contributed by atoms with E-state index < -0.39 is 6.10 Å². The lowest BCUT2D eigenvalue weighted by atomic mass is 10.3. The van der Waals surface area contributed by atoms with Crippen molar-refractivity contribution in [3.8, 4) is 0 Å². The Morgan fingerprint density at radius 2 is 2.16 bits per heavy atom. The first kappa shape index (κ1) is 15.7. The molecule has 0 aliphatic heterocycles. The van der Waals surface area contributed by atoms with Crippen LogP contribution in [0.3, 0.4) is 0 Å². The van der Waals surface area contributed by atoms with Gasteiger partial charge in [-0.1, -0.05) is 11.6 Å². The van der Waals surface area contributed by atoms with Gasteiger partial charge in [-0.3, -0.25) is 4.79 Å². The van der Waals surface area contributed by atoms with E-state index in [1.165, 1.54) is 0 Å². The average Bonchev–Trinajstić information content (AvgIpc) is 2.36. The molecule has 1 heterocycles. The summed E-state index contributed by atoms with van der Waals surface area (Å²) in [4.78, 5) is 19.5. The number of halogens is 1. The van der Waals surface area contributed by atoms with Crippen LogP contribution in [0.4, 0.5) is 5.82 Å². The molecular formula is C13H20ClN3O2. The molecule has 5 nitrogen and oxygen atoms in total. The standard InChI is InChI=1S/C13H20ClN3O2/c1-10(18)6-7-16(2)13(19)9-17(3)12-5-4-11(14)8-15-12/h4-5,8,10,18H,6-7,9H2,1-3H3. The fourth-order valence-corrected chi connectivity index (χ4v) is 1.62. The summed E-state index contributed by atoms with van der Waals surface area (Å²) in [6.07, 6.45) is 1.73. The second-order valence-corrected chi connectivity index (χ2v) is 5.08.